The van der Waals surface area contributed by atoms with Crippen molar-refractivity contribution in [3.05, 3.63) is 28.6 Å². The molecule has 0 atom stereocenters. The zero-order valence-corrected chi connectivity index (χ0v) is 11.0. The number of fused-ring (bicyclic) bond motifs is 1. The molecule has 90 valence electrons. The summed E-state index contributed by atoms with van der Waals surface area (Å²) in [7, 11) is 0. The first kappa shape index (κ1) is 11.0. The van der Waals surface area contributed by atoms with Crippen molar-refractivity contribution in [2.75, 3.05) is 18.9 Å². The highest BCUT2D eigenvalue weighted by Crippen LogP contribution is 2.31. The quantitative estimate of drug-likeness (QED) is 0.880. The van der Waals surface area contributed by atoms with Crippen LogP contribution in [0, 0.1) is 0 Å². The molecule has 3 heterocycles. The van der Waals surface area contributed by atoms with Gasteiger partial charge in [-0.25, -0.2) is 4.98 Å². The van der Waals surface area contributed by atoms with Gasteiger partial charge in [0.25, 0.3) is 0 Å². The number of halogens is 1. The van der Waals surface area contributed by atoms with Crippen molar-refractivity contribution >= 4 is 27.3 Å². The second-order valence-electron chi connectivity index (χ2n) is 4.32. The van der Waals surface area contributed by atoms with E-state index in [4.69, 9.17) is 10.5 Å². The Kier molecular flexibility index (Phi) is 2.80. The zero-order chi connectivity index (χ0) is 11.8. The van der Waals surface area contributed by atoms with E-state index in [-0.39, 0.29) is 0 Å². The summed E-state index contributed by atoms with van der Waals surface area (Å²) in [6.07, 6.45) is 2.03. The van der Waals surface area contributed by atoms with Crippen LogP contribution >= 0.6 is 15.9 Å². The average molecular weight is 296 g/mol. The van der Waals surface area contributed by atoms with Crippen LogP contribution in [-0.2, 0) is 4.74 Å². The summed E-state index contributed by atoms with van der Waals surface area (Å²) in [4.78, 5) is 4.62. The third-order valence-corrected chi connectivity index (χ3v) is 3.84. The number of pyridine rings is 1. The molecule has 0 spiro atoms. The maximum atomic E-state index is 6.05. The molecule has 1 aliphatic rings. The van der Waals surface area contributed by atoms with Crippen LogP contribution in [0.25, 0.3) is 5.52 Å². The molecule has 0 aromatic carbocycles. The van der Waals surface area contributed by atoms with Crippen molar-refractivity contribution < 1.29 is 4.74 Å². The molecule has 1 saturated heterocycles. The summed E-state index contributed by atoms with van der Waals surface area (Å²) >= 11 is 3.50. The van der Waals surface area contributed by atoms with Crippen molar-refractivity contribution in [1.82, 2.24) is 9.38 Å². The second kappa shape index (κ2) is 4.31. The summed E-state index contributed by atoms with van der Waals surface area (Å²) in [5.74, 6) is 2.22. The number of imidazole rings is 1. The molecule has 1 aliphatic heterocycles. The number of hydrogen-bond donors (Lipinski definition) is 1. The summed E-state index contributed by atoms with van der Waals surface area (Å²) in [6, 6.07) is 5.88. The smallest absolute Gasteiger partial charge is 0.132 e. The lowest BCUT2D eigenvalue weighted by Gasteiger charge is -2.21. The number of nitrogen functional groups attached to an aromatic ring is 1. The monoisotopic (exact) mass is 295 g/mol. The van der Waals surface area contributed by atoms with E-state index in [9.17, 15) is 0 Å². The van der Waals surface area contributed by atoms with E-state index in [0.717, 1.165) is 47.8 Å². The summed E-state index contributed by atoms with van der Waals surface area (Å²) in [6.45, 7) is 1.62. The van der Waals surface area contributed by atoms with Crippen molar-refractivity contribution in [3.8, 4) is 0 Å². The van der Waals surface area contributed by atoms with Gasteiger partial charge < -0.3 is 10.5 Å². The van der Waals surface area contributed by atoms with Crippen LogP contribution in [0.2, 0.25) is 0 Å². The Morgan fingerprint density at radius 3 is 2.88 bits per heavy atom. The molecule has 2 aromatic rings. The number of hydrogen-bond acceptors (Lipinski definition) is 3. The van der Waals surface area contributed by atoms with Crippen LogP contribution < -0.4 is 5.73 Å². The van der Waals surface area contributed by atoms with Crippen molar-refractivity contribution in [2.24, 2.45) is 0 Å². The van der Waals surface area contributed by atoms with E-state index in [1.165, 1.54) is 0 Å². The number of nitrogens with two attached hydrogens (primary N) is 1. The Morgan fingerprint density at radius 1 is 1.35 bits per heavy atom. The fourth-order valence-corrected chi connectivity index (χ4v) is 2.87. The number of ether oxygens (including phenoxy) is 1. The van der Waals surface area contributed by atoms with Gasteiger partial charge in [-0.05, 0) is 40.9 Å². The van der Waals surface area contributed by atoms with Crippen molar-refractivity contribution in [1.29, 1.82) is 0 Å². The zero-order valence-electron chi connectivity index (χ0n) is 9.40. The summed E-state index contributed by atoms with van der Waals surface area (Å²) < 4.78 is 8.30. The van der Waals surface area contributed by atoms with Gasteiger partial charge in [-0.2, -0.15) is 0 Å². The molecule has 1 fully saturated rings. The Hall–Kier alpha value is -1.07. The van der Waals surface area contributed by atoms with Gasteiger partial charge in [0, 0.05) is 19.1 Å². The predicted molar refractivity (Wildman–Crippen MR) is 70.1 cm³/mol. The molecule has 0 amide bonds. The number of nitrogens with zero attached hydrogens (tertiary/aromatic N) is 2. The average Bonchev–Trinajstić information content (AvgIpc) is 2.70. The largest absolute Gasteiger partial charge is 0.385 e. The van der Waals surface area contributed by atoms with E-state index < -0.39 is 0 Å². The first-order valence-electron chi connectivity index (χ1n) is 5.77. The molecule has 0 bridgehead atoms. The SMILES string of the molecule is Nc1cccc2c(Br)nc(C3CCOCC3)n12. The van der Waals surface area contributed by atoms with Crippen LogP contribution in [0.1, 0.15) is 24.6 Å². The third-order valence-electron chi connectivity index (χ3n) is 3.26. The van der Waals surface area contributed by atoms with E-state index in [0.29, 0.717) is 5.92 Å². The van der Waals surface area contributed by atoms with Crippen molar-refractivity contribution in [3.63, 3.8) is 0 Å². The van der Waals surface area contributed by atoms with E-state index in [2.05, 4.69) is 20.9 Å². The maximum Gasteiger partial charge on any atom is 0.132 e. The highest BCUT2D eigenvalue weighted by atomic mass is 79.9. The van der Waals surface area contributed by atoms with E-state index in [1.54, 1.807) is 0 Å². The molecular weight excluding hydrogens is 282 g/mol. The molecule has 2 N–H and O–H groups in total. The van der Waals surface area contributed by atoms with Crippen LogP contribution in [0.3, 0.4) is 0 Å². The molecule has 0 unspecified atom stereocenters. The molecule has 3 rings (SSSR count). The number of anilines is 1. The minimum absolute atomic E-state index is 0.437. The number of rotatable bonds is 1. The standard InChI is InChI=1S/C12H14BrN3O/c13-11-9-2-1-3-10(14)16(9)12(15-11)8-4-6-17-7-5-8/h1-3,8H,4-7,14H2. The van der Waals surface area contributed by atoms with Crippen LogP contribution in [0.15, 0.2) is 22.8 Å². The molecule has 0 aliphatic carbocycles. The van der Waals surface area contributed by atoms with Gasteiger partial charge in [0.15, 0.2) is 0 Å². The van der Waals surface area contributed by atoms with Gasteiger partial charge in [0.1, 0.15) is 16.2 Å². The highest BCUT2D eigenvalue weighted by Gasteiger charge is 2.22. The summed E-state index contributed by atoms with van der Waals surface area (Å²) in [5.41, 5.74) is 7.08. The maximum absolute atomic E-state index is 6.05. The van der Waals surface area contributed by atoms with Gasteiger partial charge in [-0.15, -0.1) is 0 Å². The Bertz CT molecular complexity index is 546. The fourth-order valence-electron chi connectivity index (χ4n) is 2.38. The van der Waals surface area contributed by atoms with Crippen LogP contribution in [0.4, 0.5) is 5.82 Å². The first-order valence-corrected chi connectivity index (χ1v) is 6.57. The highest BCUT2D eigenvalue weighted by molar-refractivity contribution is 9.10. The van der Waals surface area contributed by atoms with Gasteiger partial charge in [0.05, 0.1) is 5.52 Å². The lowest BCUT2D eigenvalue weighted by Crippen LogP contribution is -2.17. The fraction of sp³-hybridized carbons (Fsp3) is 0.417. The van der Waals surface area contributed by atoms with Crippen molar-refractivity contribution in [2.45, 2.75) is 18.8 Å². The third kappa shape index (κ3) is 1.83. The van der Waals surface area contributed by atoms with E-state index in [1.807, 2.05) is 22.6 Å². The van der Waals surface area contributed by atoms with Crippen LogP contribution in [0.5, 0.6) is 0 Å². The minimum Gasteiger partial charge on any atom is -0.385 e. The first-order chi connectivity index (χ1) is 8.27. The lowest BCUT2D eigenvalue weighted by atomic mass is 9.99. The molecule has 0 radical (unpaired) electrons. The predicted octanol–water partition coefficient (Wildman–Crippen LogP) is 2.57. The van der Waals surface area contributed by atoms with Gasteiger partial charge in [0.2, 0.25) is 0 Å². The van der Waals surface area contributed by atoms with Gasteiger partial charge in [-0.1, -0.05) is 6.07 Å². The number of aromatic nitrogens is 2. The Balaban J connectivity index is 2.15. The molecular formula is C12H14BrN3O. The van der Waals surface area contributed by atoms with E-state index >= 15 is 0 Å². The Morgan fingerprint density at radius 2 is 2.12 bits per heavy atom. The molecule has 0 saturated carbocycles. The lowest BCUT2D eigenvalue weighted by molar-refractivity contribution is 0.0835. The van der Waals surface area contributed by atoms with Gasteiger partial charge in [-0.3, -0.25) is 4.40 Å². The topological polar surface area (TPSA) is 52.5 Å². The Labute approximate surface area is 108 Å². The molecule has 4 nitrogen and oxygen atoms in total. The second-order valence-corrected chi connectivity index (χ2v) is 5.07. The normalized spacial score (nSPS) is 17.7. The minimum atomic E-state index is 0.437. The molecule has 17 heavy (non-hydrogen) atoms. The molecule has 2 aromatic heterocycles. The summed E-state index contributed by atoms with van der Waals surface area (Å²) in [5, 5.41) is 0. The molecule has 5 heteroatoms. The van der Waals surface area contributed by atoms with Crippen LogP contribution in [-0.4, -0.2) is 22.6 Å². The van der Waals surface area contributed by atoms with Gasteiger partial charge >= 0.3 is 0 Å².